The van der Waals surface area contributed by atoms with Gasteiger partial charge in [0.1, 0.15) is 0 Å². The van der Waals surface area contributed by atoms with E-state index in [9.17, 15) is 4.39 Å². The summed E-state index contributed by atoms with van der Waals surface area (Å²) in [5.74, 6) is 5.35. The lowest BCUT2D eigenvalue weighted by Crippen LogP contribution is -1.91. The van der Waals surface area contributed by atoms with Gasteiger partial charge in [0.15, 0.2) is 6.17 Å². The lowest BCUT2D eigenvalue weighted by atomic mass is 10.00. The minimum atomic E-state index is -0.998. The second-order valence-corrected chi connectivity index (χ2v) is 2.68. The largest absolute Gasteiger partial charge is 0.234 e. The standard InChI is InChI=1S/C10H12F/c1-9(11)7-8-10-5-3-2-4-6-10/h2,5,9H,3-4,6H2,1H3. The molecule has 0 saturated heterocycles. The Balaban J connectivity index is 2.49. The smallest absolute Gasteiger partial charge is 0.158 e. The first-order valence-electron chi connectivity index (χ1n) is 3.95. The topological polar surface area (TPSA) is 0 Å². The van der Waals surface area contributed by atoms with E-state index in [1.54, 1.807) is 0 Å². The Morgan fingerprint density at radius 1 is 1.64 bits per heavy atom. The predicted octanol–water partition coefficient (Wildman–Crippen LogP) is 2.66. The van der Waals surface area contributed by atoms with E-state index in [1.807, 2.05) is 0 Å². The maximum Gasteiger partial charge on any atom is 0.158 e. The summed E-state index contributed by atoms with van der Waals surface area (Å²) in [4.78, 5) is 0. The third-order valence-electron chi connectivity index (χ3n) is 1.58. The van der Waals surface area contributed by atoms with Gasteiger partial charge in [0.2, 0.25) is 0 Å². The number of allylic oxidation sites excluding steroid dienone is 2. The van der Waals surface area contributed by atoms with Crippen molar-refractivity contribution in [2.45, 2.75) is 32.4 Å². The zero-order valence-electron chi connectivity index (χ0n) is 6.73. The fourth-order valence-corrected chi connectivity index (χ4v) is 1.01. The van der Waals surface area contributed by atoms with Crippen LogP contribution in [-0.4, -0.2) is 6.17 Å². The highest BCUT2D eigenvalue weighted by Gasteiger charge is 1.99. The van der Waals surface area contributed by atoms with Gasteiger partial charge in [0.25, 0.3) is 0 Å². The van der Waals surface area contributed by atoms with Gasteiger partial charge >= 0.3 is 0 Å². The van der Waals surface area contributed by atoms with Crippen molar-refractivity contribution in [2.24, 2.45) is 0 Å². The average Bonchev–Trinajstić information content (AvgIpc) is 2.03. The highest BCUT2D eigenvalue weighted by Crippen LogP contribution is 2.15. The Kier molecular flexibility index (Phi) is 3.16. The van der Waals surface area contributed by atoms with E-state index in [0.717, 1.165) is 24.8 Å². The van der Waals surface area contributed by atoms with Crippen molar-refractivity contribution in [3.8, 4) is 11.8 Å². The van der Waals surface area contributed by atoms with E-state index in [1.165, 1.54) is 6.92 Å². The van der Waals surface area contributed by atoms with E-state index < -0.39 is 6.17 Å². The minimum Gasteiger partial charge on any atom is -0.234 e. The van der Waals surface area contributed by atoms with Crippen molar-refractivity contribution in [1.82, 2.24) is 0 Å². The van der Waals surface area contributed by atoms with Gasteiger partial charge in [-0.05, 0) is 38.2 Å². The van der Waals surface area contributed by atoms with Crippen LogP contribution in [0.3, 0.4) is 0 Å². The molecule has 0 amide bonds. The van der Waals surface area contributed by atoms with Gasteiger partial charge in [-0.3, -0.25) is 0 Å². The van der Waals surface area contributed by atoms with Crippen LogP contribution in [0, 0.1) is 18.3 Å². The van der Waals surface area contributed by atoms with Crippen LogP contribution in [-0.2, 0) is 0 Å². The summed E-state index contributed by atoms with van der Waals surface area (Å²) in [7, 11) is 0. The second-order valence-electron chi connectivity index (χ2n) is 2.68. The van der Waals surface area contributed by atoms with Crippen LogP contribution in [0.2, 0.25) is 0 Å². The second kappa shape index (κ2) is 4.18. The van der Waals surface area contributed by atoms with Crippen LogP contribution in [0.15, 0.2) is 11.6 Å². The summed E-state index contributed by atoms with van der Waals surface area (Å²) in [5.41, 5.74) is 1.09. The zero-order chi connectivity index (χ0) is 8.10. The van der Waals surface area contributed by atoms with E-state index in [2.05, 4.69) is 24.3 Å². The molecule has 0 aromatic carbocycles. The molecule has 0 N–H and O–H groups in total. The molecule has 0 saturated carbocycles. The molecule has 1 atom stereocenters. The van der Waals surface area contributed by atoms with Gasteiger partial charge in [-0.1, -0.05) is 17.9 Å². The summed E-state index contributed by atoms with van der Waals surface area (Å²) in [6, 6.07) is 0. The quantitative estimate of drug-likeness (QED) is 0.467. The van der Waals surface area contributed by atoms with E-state index in [4.69, 9.17) is 0 Å². The molecule has 1 unspecified atom stereocenters. The summed E-state index contributed by atoms with van der Waals surface area (Å²) >= 11 is 0. The van der Waals surface area contributed by atoms with Gasteiger partial charge in [-0.25, -0.2) is 4.39 Å². The molecule has 0 aromatic heterocycles. The van der Waals surface area contributed by atoms with E-state index in [0.29, 0.717) is 0 Å². The highest BCUT2D eigenvalue weighted by atomic mass is 19.1. The van der Waals surface area contributed by atoms with Crippen LogP contribution >= 0.6 is 0 Å². The Hall–Kier alpha value is -0.770. The molecule has 1 heteroatoms. The molecular formula is C10H12F. The normalized spacial score (nSPS) is 19.6. The SMILES string of the molecule is CC(F)C#CC1=CC[CH]CC1. The summed E-state index contributed by atoms with van der Waals surface area (Å²) in [6.45, 7) is 1.46. The lowest BCUT2D eigenvalue weighted by molar-refractivity contribution is 0.443. The molecule has 1 radical (unpaired) electrons. The number of hydrogen-bond donors (Lipinski definition) is 0. The van der Waals surface area contributed by atoms with Crippen molar-refractivity contribution in [3.05, 3.63) is 18.1 Å². The molecule has 1 rings (SSSR count). The van der Waals surface area contributed by atoms with Crippen LogP contribution < -0.4 is 0 Å². The molecule has 0 heterocycles. The molecule has 0 aromatic rings. The summed E-state index contributed by atoms with van der Waals surface area (Å²) in [5, 5.41) is 0. The Morgan fingerprint density at radius 3 is 3.00 bits per heavy atom. The van der Waals surface area contributed by atoms with E-state index >= 15 is 0 Å². The first-order valence-corrected chi connectivity index (χ1v) is 3.95. The van der Waals surface area contributed by atoms with Crippen molar-refractivity contribution in [3.63, 3.8) is 0 Å². The summed E-state index contributed by atoms with van der Waals surface area (Å²) in [6.07, 6.45) is 6.34. The third kappa shape index (κ3) is 3.23. The molecule has 0 bridgehead atoms. The Labute approximate surface area is 67.5 Å². The minimum absolute atomic E-state index is 0.986. The summed E-state index contributed by atoms with van der Waals surface area (Å²) < 4.78 is 12.2. The number of rotatable bonds is 0. The molecule has 1 aliphatic carbocycles. The van der Waals surface area contributed by atoms with Gasteiger partial charge < -0.3 is 0 Å². The highest BCUT2D eigenvalue weighted by molar-refractivity contribution is 5.31. The fraction of sp³-hybridized carbons (Fsp3) is 0.500. The zero-order valence-corrected chi connectivity index (χ0v) is 6.73. The van der Waals surface area contributed by atoms with Crippen LogP contribution in [0.25, 0.3) is 0 Å². The maximum atomic E-state index is 12.2. The molecule has 0 nitrogen and oxygen atoms in total. The molecule has 1 aliphatic rings. The average molecular weight is 151 g/mol. The van der Waals surface area contributed by atoms with Gasteiger partial charge in [-0.2, -0.15) is 0 Å². The number of halogens is 1. The first-order chi connectivity index (χ1) is 5.29. The Bertz CT molecular complexity index is 203. The van der Waals surface area contributed by atoms with Gasteiger partial charge in [-0.15, -0.1) is 0 Å². The van der Waals surface area contributed by atoms with Crippen molar-refractivity contribution in [1.29, 1.82) is 0 Å². The molecule has 59 valence electrons. The molecule has 11 heavy (non-hydrogen) atoms. The number of alkyl halides is 1. The van der Waals surface area contributed by atoms with E-state index in [-0.39, 0.29) is 0 Å². The fourth-order valence-electron chi connectivity index (χ4n) is 1.01. The molecule has 0 aliphatic heterocycles. The lowest BCUT2D eigenvalue weighted by Gasteiger charge is -2.05. The van der Waals surface area contributed by atoms with Crippen molar-refractivity contribution in [2.75, 3.05) is 0 Å². The monoisotopic (exact) mass is 151 g/mol. The molecular weight excluding hydrogens is 139 g/mol. The van der Waals surface area contributed by atoms with Crippen molar-refractivity contribution >= 4 is 0 Å². The predicted molar refractivity (Wildman–Crippen MR) is 44.6 cm³/mol. The molecule has 0 spiro atoms. The third-order valence-corrected chi connectivity index (χ3v) is 1.58. The van der Waals surface area contributed by atoms with Gasteiger partial charge in [0.05, 0.1) is 0 Å². The van der Waals surface area contributed by atoms with Gasteiger partial charge in [0, 0.05) is 0 Å². The molecule has 0 fully saturated rings. The van der Waals surface area contributed by atoms with Crippen molar-refractivity contribution < 1.29 is 4.39 Å². The van der Waals surface area contributed by atoms with Crippen LogP contribution in [0.5, 0.6) is 0 Å². The maximum absolute atomic E-state index is 12.2. The Morgan fingerprint density at radius 2 is 2.45 bits per heavy atom. The van der Waals surface area contributed by atoms with Crippen LogP contribution in [0.4, 0.5) is 4.39 Å². The van der Waals surface area contributed by atoms with Crippen LogP contribution in [0.1, 0.15) is 26.2 Å². The first kappa shape index (κ1) is 8.33. The number of hydrogen-bond acceptors (Lipinski definition) is 0.